The summed E-state index contributed by atoms with van der Waals surface area (Å²) in [7, 11) is 1.80. The van der Waals surface area contributed by atoms with Crippen LogP contribution < -0.4 is 4.74 Å². The first-order chi connectivity index (χ1) is 11.2. The predicted molar refractivity (Wildman–Crippen MR) is 89.6 cm³/mol. The molecule has 0 bridgehead atoms. The highest BCUT2D eigenvalue weighted by Gasteiger charge is 2.11. The van der Waals surface area contributed by atoms with Crippen LogP contribution in [0, 0.1) is 0 Å². The van der Waals surface area contributed by atoms with Crippen molar-refractivity contribution in [3.63, 3.8) is 0 Å². The zero-order chi connectivity index (χ0) is 16.2. The average molecular weight is 309 g/mol. The van der Waals surface area contributed by atoms with Crippen molar-refractivity contribution >= 4 is 16.9 Å². The summed E-state index contributed by atoms with van der Waals surface area (Å²) in [4.78, 5) is 18.1. The van der Waals surface area contributed by atoms with E-state index in [1.165, 1.54) is 0 Å². The summed E-state index contributed by atoms with van der Waals surface area (Å²) in [6.45, 7) is 2.94. The quantitative estimate of drug-likeness (QED) is 0.726. The van der Waals surface area contributed by atoms with Gasteiger partial charge in [-0.3, -0.25) is 4.79 Å². The lowest BCUT2D eigenvalue weighted by Crippen LogP contribution is -2.29. The number of carbonyl (C=O) groups is 1. The molecule has 0 atom stereocenters. The molecule has 0 unspecified atom stereocenters. The van der Waals surface area contributed by atoms with E-state index < -0.39 is 0 Å². The van der Waals surface area contributed by atoms with Crippen LogP contribution >= 0.6 is 0 Å². The van der Waals surface area contributed by atoms with Crippen LogP contribution in [0.3, 0.4) is 0 Å². The number of hydrogen-bond donors (Lipinski definition) is 0. The zero-order valence-corrected chi connectivity index (χ0v) is 13.3. The molecule has 0 radical (unpaired) electrons. The first-order valence-electron chi connectivity index (χ1n) is 7.59. The molecule has 0 N–H and O–H groups in total. The molecule has 0 saturated carbocycles. The van der Waals surface area contributed by atoms with E-state index in [-0.39, 0.29) is 5.91 Å². The second-order valence-electron chi connectivity index (χ2n) is 5.35. The molecule has 0 fully saturated rings. The van der Waals surface area contributed by atoms with Crippen molar-refractivity contribution in [1.82, 2.24) is 14.5 Å². The Balaban J connectivity index is 1.81. The van der Waals surface area contributed by atoms with Gasteiger partial charge >= 0.3 is 0 Å². The van der Waals surface area contributed by atoms with Crippen LogP contribution in [-0.2, 0) is 11.3 Å². The number of fused-ring (bicyclic) bond motifs is 1. The molecule has 118 valence electrons. The third kappa shape index (κ3) is 3.34. The molecule has 0 aliphatic rings. The molecular formula is C18H19N3O2. The van der Waals surface area contributed by atoms with E-state index in [1.807, 2.05) is 60.0 Å². The second kappa shape index (κ2) is 6.52. The lowest BCUT2D eigenvalue weighted by Gasteiger charge is -2.14. The van der Waals surface area contributed by atoms with Crippen molar-refractivity contribution in [2.75, 3.05) is 13.6 Å². The second-order valence-corrected chi connectivity index (χ2v) is 5.35. The lowest BCUT2D eigenvalue weighted by molar-refractivity contribution is -0.130. The molecule has 2 aromatic carbocycles. The van der Waals surface area contributed by atoms with E-state index >= 15 is 0 Å². The van der Waals surface area contributed by atoms with Gasteiger partial charge in [0.1, 0.15) is 18.0 Å². The number of hydrogen-bond acceptors (Lipinski definition) is 3. The van der Waals surface area contributed by atoms with Gasteiger partial charge in [0.25, 0.3) is 0 Å². The molecule has 1 heterocycles. The third-order valence-corrected chi connectivity index (χ3v) is 3.78. The highest BCUT2D eigenvalue weighted by Crippen LogP contribution is 2.25. The predicted octanol–water partition coefficient (Wildman–Crippen LogP) is 3.31. The van der Waals surface area contributed by atoms with Gasteiger partial charge in [0.2, 0.25) is 5.91 Å². The van der Waals surface area contributed by atoms with E-state index in [4.69, 9.17) is 4.74 Å². The smallest absolute Gasteiger partial charge is 0.242 e. The summed E-state index contributed by atoms with van der Waals surface area (Å²) in [6.07, 6.45) is 1.69. The molecule has 0 spiro atoms. The van der Waals surface area contributed by atoms with Gasteiger partial charge < -0.3 is 14.2 Å². The Morgan fingerprint density at radius 3 is 2.70 bits per heavy atom. The summed E-state index contributed by atoms with van der Waals surface area (Å²) in [5.41, 5.74) is 1.73. The minimum atomic E-state index is 0.0661. The van der Waals surface area contributed by atoms with Crippen molar-refractivity contribution in [3.05, 3.63) is 54.9 Å². The van der Waals surface area contributed by atoms with E-state index in [2.05, 4.69) is 4.98 Å². The molecule has 5 nitrogen and oxygen atoms in total. The zero-order valence-electron chi connectivity index (χ0n) is 13.3. The largest absolute Gasteiger partial charge is 0.457 e. The Kier molecular flexibility index (Phi) is 4.28. The summed E-state index contributed by atoms with van der Waals surface area (Å²) in [5.74, 6) is 1.58. The van der Waals surface area contributed by atoms with E-state index in [0.29, 0.717) is 13.1 Å². The SMILES string of the molecule is CCN(C)C(=O)Cn1cnc2cc(Oc3ccccc3)ccc21. The molecule has 23 heavy (non-hydrogen) atoms. The van der Waals surface area contributed by atoms with Gasteiger partial charge in [-0.2, -0.15) is 0 Å². The summed E-state index contributed by atoms with van der Waals surface area (Å²) >= 11 is 0. The highest BCUT2D eigenvalue weighted by molar-refractivity contribution is 5.81. The molecule has 5 heteroatoms. The Morgan fingerprint density at radius 2 is 1.96 bits per heavy atom. The van der Waals surface area contributed by atoms with Crippen LogP contribution in [0.4, 0.5) is 0 Å². The highest BCUT2D eigenvalue weighted by atomic mass is 16.5. The monoisotopic (exact) mass is 309 g/mol. The van der Waals surface area contributed by atoms with E-state index in [0.717, 1.165) is 22.5 Å². The number of nitrogens with zero attached hydrogens (tertiary/aromatic N) is 3. The molecule has 1 aromatic heterocycles. The first-order valence-corrected chi connectivity index (χ1v) is 7.59. The van der Waals surface area contributed by atoms with Crippen molar-refractivity contribution < 1.29 is 9.53 Å². The molecule has 0 saturated heterocycles. The first kappa shape index (κ1) is 15.1. The van der Waals surface area contributed by atoms with Gasteiger partial charge in [0.05, 0.1) is 17.4 Å². The molecule has 0 aliphatic heterocycles. The maximum Gasteiger partial charge on any atom is 0.242 e. The molecule has 3 aromatic rings. The standard InChI is InChI=1S/C18H19N3O2/c1-3-20(2)18(22)12-21-13-19-16-11-15(9-10-17(16)21)23-14-7-5-4-6-8-14/h4-11,13H,3,12H2,1-2H3. The maximum atomic E-state index is 12.0. The Morgan fingerprint density at radius 1 is 1.17 bits per heavy atom. The van der Waals surface area contributed by atoms with Crippen molar-refractivity contribution in [3.8, 4) is 11.5 Å². The molecule has 3 rings (SSSR count). The van der Waals surface area contributed by atoms with Crippen LogP contribution in [0.2, 0.25) is 0 Å². The fraction of sp³-hybridized carbons (Fsp3) is 0.222. The van der Waals surface area contributed by atoms with E-state index in [1.54, 1.807) is 18.3 Å². The fourth-order valence-corrected chi connectivity index (χ4v) is 2.30. The van der Waals surface area contributed by atoms with Crippen LogP contribution in [0.25, 0.3) is 11.0 Å². The lowest BCUT2D eigenvalue weighted by atomic mass is 10.3. The topological polar surface area (TPSA) is 47.4 Å². The van der Waals surface area contributed by atoms with Crippen molar-refractivity contribution in [1.29, 1.82) is 0 Å². The Labute approximate surface area is 135 Å². The summed E-state index contributed by atoms with van der Waals surface area (Å²) in [6, 6.07) is 15.3. The molecular weight excluding hydrogens is 290 g/mol. The number of carbonyl (C=O) groups excluding carboxylic acids is 1. The number of ether oxygens (including phenoxy) is 1. The van der Waals surface area contributed by atoms with Gasteiger partial charge in [0.15, 0.2) is 0 Å². The fourth-order valence-electron chi connectivity index (χ4n) is 2.30. The average Bonchev–Trinajstić information content (AvgIpc) is 2.97. The third-order valence-electron chi connectivity index (χ3n) is 3.78. The number of rotatable bonds is 5. The maximum absolute atomic E-state index is 12.0. The van der Waals surface area contributed by atoms with Crippen LogP contribution in [0.1, 0.15) is 6.92 Å². The van der Waals surface area contributed by atoms with Crippen LogP contribution in [0.15, 0.2) is 54.9 Å². The van der Waals surface area contributed by atoms with Crippen LogP contribution in [0.5, 0.6) is 11.5 Å². The van der Waals surface area contributed by atoms with E-state index in [9.17, 15) is 4.79 Å². The number of imidazole rings is 1. The van der Waals surface area contributed by atoms with Crippen molar-refractivity contribution in [2.45, 2.75) is 13.5 Å². The number of para-hydroxylation sites is 1. The minimum absolute atomic E-state index is 0.0661. The summed E-state index contributed by atoms with van der Waals surface area (Å²) in [5, 5.41) is 0. The minimum Gasteiger partial charge on any atom is -0.457 e. The van der Waals surface area contributed by atoms with Crippen molar-refractivity contribution in [2.24, 2.45) is 0 Å². The van der Waals surface area contributed by atoms with Gasteiger partial charge in [-0.05, 0) is 31.2 Å². The molecule has 1 amide bonds. The van der Waals surface area contributed by atoms with Gasteiger partial charge in [0, 0.05) is 19.7 Å². The normalized spacial score (nSPS) is 10.7. The summed E-state index contributed by atoms with van der Waals surface area (Å²) < 4.78 is 7.67. The van der Waals surface area contributed by atoms with Gasteiger partial charge in [-0.15, -0.1) is 0 Å². The number of aromatic nitrogens is 2. The van der Waals surface area contributed by atoms with Crippen LogP contribution in [-0.4, -0.2) is 34.0 Å². The number of amides is 1. The Bertz CT molecular complexity index is 812. The Hall–Kier alpha value is -2.82. The van der Waals surface area contributed by atoms with Gasteiger partial charge in [-0.25, -0.2) is 4.98 Å². The molecule has 0 aliphatic carbocycles. The number of likely N-dealkylation sites (N-methyl/N-ethyl adjacent to an activating group) is 1. The number of benzene rings is 2. The van der Waals surface area contributed by atoms with Gasteiger partial charge in [-0.1, -0.05) is 18.2 Å².